The number of carbonyl (C=O) groups is 3. The smallest absolute Gasteiger partial charge is 0.373 e. The topological polar surface area (TPSA) is 98.5 Å². The van der Waals surface area contributed by atoms with E-state index in [4.69, 9.17) is 0 Å². The van der Waals surface area contributed by atoms with Crippen molar-refractivity contribution in [2.75, 3.05) is 0 Å². The number of imide groups is 1. The van der Waals surface area contributed by atoms with Crippen LogP contribution in [0.5, 0.6) is 0 Å². The first-order chi connectivity index (χ1) is 5.06. The van der Waals surface area contributed by atoms with Gasteiger partial charge in [-0.05, 0) is 0 Å². The monoisotopic (exact) mass is 158 g/mol. The van der Waals surface area contributed by atoms with Crippen molar-refractivity contribution in [2.24, 2.45) is 5.73 Å². The molecule has 0 aliphatic carbocycles. The molecule has 0 unspecified atom stereocenters. The van der Waals surface area contributed by atoms with E-state index in [1.54, 1.807) is 0 Å². The minimum Gasteiger partial charge on any atom is -0.373 e. The standard InChI is InChI=1S/C5H6N2O4/c1-2-3(8)11-5(10)7-4(6)9/h2H,1H2,(H3,6,7,9,10). The molecule has 0 aliphatic heterocycles. The first-order valence-electron chi connectivity index (χ1n) is 2.51. The van der Waals surface area contributed by atoms with Crippen molar-refractivity contribution in [3.63, 3.8) is 0 Å². The van der Waals surface area contributed by atoms with E-state index < -0.39 is 18.1 Å². The van der Waals surface area contributed by atoms with Gasteiger partial charge in [0.05, 0.1) is 0 Å². The summed E-state index contributed by atoms with van der Waals surface area (Å²) in [6.45, 7) is 3.02. The van der Waals surface area contributed by atoms with Gasteiger partial charge < -0.3 is 10.5 Å². The number of esters is 1. The second kappa shape index (κ2) is 4.04. The summed E-state index contributed by atoms with van der Waals surface area (Å²) in [4.78, 5) is 30.5. The van der Waals surface area contributed by atoms with Crippen LogP contribution in [0.15, 0.2) is 12.7 Å². The molecule has 0 radical (unpaired) electrons. The fourth-order valence-corrected chi connectivity index (χ4v) is 0.259. The third-order valence-corrected chi connectivity index (χ3v) is 0.585. The van der Waals surface area contributed by atoms with Crippen LogP contribution in [0.25, 0.3) is 0 Å². The minimum absolute atomic E-state index is 0.778. The number of carbonyl (C=O) groups excluding carboxylic acids is 3. The first kappa shape index (κ1) is 9.15. The normalized spacial score (nSPS) is 8.00. The molecule has 6 heteroatoms. The van der Waals surface area contributed by atoms with Gasteiger partial charge in [-0.1, -0.05) is 6.58 Å². The van der Waals surface area contributed by atoms with Gasteiger partial charge in [0.1, 0.15) is 0 Å². The van der Waals surface area contributed by atoms with Gasteiger partial charge in [-0.15, -0.1) is 0 Å². The van der Waals surface area contributed by atoms with Crippen LogP contribution in [-0.2, 0) is 9.53 Å². The zero-order chi connectivity index (χ0) is 8.85. The Morgan fingerprint density at radius 3 is 2.36 bits per heavy atom. The molecule has 0 aromatic carbocycles. The molecule has 6 nitrogen and oxygen atoms in total. The Kier molecular flexibility index (Phi) is 3.36. The fraction of sp³-hybridized carbons (Fsp3) is 0. The Hall–Kier alpha value is -1.85. The van der Waals surface area contributed by atoms with Crippen LogP contribution >= 0.6 is 0 Å². The summed E-state index contributed by atoms with van der Waals surface area (Å²) in [5.74, 6) is -0.955. The average Bonchev–Trinajstić information content (AvgIpc) is 1.85. The Labute approximate surface area is 62.0 Å². The molecule has 60 valence electrons. The highest BCUT2D eigenvalue weighted by Crippen LogP contribution is 1.79. The molecule has 0 fully saturated rings. The van der Waals surface area contributed by atoms with Gasteiger partial charge >= 0.3 is 18.1 Å². The lowest BCUT2D eigenvalue weighted by Gasteiger charge is -1.97. The summed E-state index contributed by atoms with van der Waals surface area (Å²) in [5, 5.41) is 1.52. The number of primary amides is 1. The van der Waals surface area contributed by atoms with Crippen molar-refractivity contribution >= 4 is 18.1 Å². The molecule has 0 aromatic rings. The predicted octanol–water partition coefficient (Wildman–Crippen LogP) is -0.496. The van der Waals surface area contributed by atoms with Crippen LogP contribution in [-0.4, -0.2) is 18.1 Å². The highest BCUT2D eigenvalue weighted by Gasteiger charge is 2.07. The van der Waals surface area contributed by atoms with Crippen molar-refractivity contribution < 1.29 is 19.1 Å². The number of ether oxygens (including phenoxy) is 1. The van der Waals surface area contributed by atoms with E-state index in [0.29, 0.717) is 0 Å². The molecule has 0 heterocycles. The van der Waals surface area contributed by atoms with E-state index in [-0.39, 0.29) is 0 Å². The molecule has 0 spiro atoms. The fourth-order valence-electron chi connectivity index (χ4n) is 0.259. The summed E-state index contributed by atoms with van der Waals surface area (Å²) < 4.78 is 3.90. The highest BCUT2D eigenvalue weighted by molar-refractivity contribution is 5.97. The van der Waals surface area contributed by atoms with E-state index in [0.717, 1.165) is 6.08 Å². The number of hydrogen-bond acceptors (Lipinski definition) is 4. The maximum Gasteiger partial charge on any atom is 0.423 e. The molecule has 0 saturated carbocycles. The highest BCUT2D eigenvalue weighted by atomic mass is 16.6. The van der Waals surface area contributed by atoms with Crippen molar-refractivity contribution in [3.8, 4) is 0 Å². The third-order valence-electron chi connectivity index (χ3n) is 0.585. The maximum atomic E-state index is 10.3. The van der Waals surface area contributed by atoms with Crippen molar-refractivity contribution in [2.45, 2.75) is 0 Å². The molecule has 0 aromatic heterocycles. The molecule has 0 saturated heterocycles. The van der Waals surface area contributed by atoms with Gasteiger partial charge in [-0.2, -0.15) is 0 Å². The number of amides is 3. The number of urea groups is 1. The van der Waals surface area contributed by atoms with Gasteiger partial charge in [-0.25, -0.2) is 19.7 Å². The summed E-state index contributed by atoms with van der Waals surface area (Å²) in [7, 11) is 0. The second-order valence-corrected chi connectivity index (χ2v) is 1.40. The molecule has 0 atom stereocenters. The summed E-state index contributed by atoms with van der Waals surface area (Å²) in [6, 6.07) is -1.09. The lowest BCUT2D eigenvalue weighted by Crippen LogP contribution is -2.36. The first-order valence-corrected chi connectivity index (χ1v) is 2.51. The minimum atomic E-state index is -1.22. The zero-order valence-electron chi connectivity index (χ0n) is 5.49. The zero-order valence-corrected chi connectivity index (χ0v) is 5.49. The van der Waals surface area contributed by atoms with E-state index in [1.807, 2.05) is 0 Å². The lowest BCUT2D eigenvalue weighted by atomic mass is 10.7. The third kappa shape index (κ3) is 4.64. The maximum absolute atomic E-state index is 10.3. The molecule has 0 rings (SSSR count). The Balaban J connectivity index is 3.78. The Bertz CT molecular complexity index is 211. The van der Waals surface area contributed by atoms with Gasteiger partial charge in [0.2, 0.25) is 0 Å². The molecule has 0 bridgehead atoms. The predicted molar refractivity (Wildman–Crippen MR) is 34.4 cm³/mol. The van der Waals surface area contributed by atoms with Crippen molar-refractivity contribution in [1.82, 2.24) is 5.32 Å². The van der Waals surface area contributed by atoms with Crippen molar-refractivity contribution in [3.05, 3.63) is 12.7 Å². The van der Waals surface area contributed by atoms with Crippen LogP contribution < -0.4 is 11.1 Å². The van der Waals surface area contributed by atoms with Crippen LogP contribution in [0.1, 0.15) is 0 Å². The van der Waals surface area contributed by atoms with Crippen LogP contribution in [0.4, 0.5) is 9.59 Å². The number of nitrogens with one attached hydrogen (secondary N) is 1. The van der Waals surface area contributed by atoms with Gasteiger partial charge in [0, 0.05) is 6.08 Å². The molecular weight excluding hydrogens is 152 g/mol. The number of hydrogen-bond donors (Lipinski definition) is 2. The molecule has 3 amide bonds. The van der Waals surface area contributed by atoms with E-state index in [9.17, 15) is 14.4 Å². The molecule has 0 aliphatic rings. The summed E-state index contributed by atoms with van der Waals surface area (Å²) in [5.41, 5.74) is 4.52. The summed E-state index contributed by atoms with van der Waals surface area (Å²) >= 11 is 0. The molecular formula is C5H6N2O4. The van der Waals surface area contributed by atoms with Gasteiger partial charge in [-0.3, -0.25) is 0 Å². The average molecular weight is 158 g/mol. The Morgan fingerprint density at radius 2 is 2.00 bits per heavy atom. The number of alkyl carbamates (subject to hydrolysis) is 1. The van der Waals surface area contributed by atoms with Crippen LogP contribution in [0, 0.1) is 0 Å². The van der Waals surface area contributed by atoms with E-state index in [1.165, 1.54) is 5.32 Å². The second-order valence-electron chi connectivity index (χ2n) is 1.40. The molecule has 3 N–H and O–H groups in total. The quantitative estimate of drug-likeness (QED) is 0.305. The number of rotatable bonds is 1. The Morgan fingerprint density at radius 1 is 1.45 bits per heavy atom. The molecule has 11 heavy (non-hydrogen) atoms. The lowest BCUT2D eigenvalue weighted by molar-refractivity contribution is -0.131. The summed E-state index contributed by atoms with van der Waals surface area (Å²) in [6.07, 6.45) is -0.442. The van der Waals surface area contributed by atoms with Crippen molar-refractivity contribution in [1.29, 1.82) is 0 Å². The van der Waals surface area contributed by atoms with E-state index in [2.05, 4.69) is 17.0 Å². The van der Waals surface area contributed by atoms with Crippen LogP contribution in [0.2, 0.25) is 0 Å². The van der Waals surface area contributed by atoms with E-state index >= 15 is 0 Å². The van der Waals surface area contributed by atoms with Gasteiger partial charge in [0.15, 0.2) is 0 Å². The van der Waals surface area contributed by atoms with Crippen LogP contribution in [0.3, 0.4) is 0 Å². The SMILES string of the molecule is C=CC(=O)OC(=O)NC(N)=O. The van der Waals surface area contributed by atoms with Gasteiger partial charge in [0.25, 0.3) is 0 Å². The number of nitrogens with two attached hydrogens (primary N) is 1. The largest absolute Gasteiger partial charge is 0.423 e.